The summed E-state index contributed by atoms with van der Waals surface area (Å²) in [4.78, 5) is 0. The predicted octanol–water partition coefficient (Wildman–Crippen LogP) is 4.85. The molecule has 0 saturated heterocycles. The van der Waals surface area contributed by atoms with Crippen molar-refractivity contribution in [2.24, 2.45) is 5.73 Å². The van der Waals surface area contributed by atoms with E-state index in [9.17, 15) is 0 Å². The molecule has 0 aromatic heterocycles. The molecule has 3 rings (SSSR count). The first-order valence-electron chi connectivity index (χ1n) is 8.80. The van der Waals surface area contributed by atoms with Crippen LogP contribution in [0.4, 0.5) is 0 Å². The normalized spacial score (nSPS) is 10.6. The topological polar surface area (TPSA) is 44.5 Å². The Balaban J connectivity index is 2.21. The Kier molecular flexibility index (Phi) is 5.59. The maximum atomic E-state index is 5.91. The second-order valence-corrected chi connectivity index (χ2v) is 6.26. The average molecular weight is 347 g/mol. The quantitative estimate of drug-likeness (QED) is 0.693. The van der Waals surface area contributed by atoms with Crippen molar-refractivity contribution >= 4 is 0 Å². The van der Waals surface area contributed by atoms with Gasteiger partial charge < -0.3 is 15.2 Å². The minimum Gasteiger partial charge on any atom is -0.496 e. The number of ether oxygens (including phenoxy) is 2. The Morgan fingerprint density at radius 3 is 1.81 bits per heavy atom. The van der Waals surface area contributed by atoms with E-state index in [0.29, 0.717) is 6.54 Å². The molecule has 0 heterocycles. The van der Waals surface area contributed by atoms with Crippen LogP contribution in [0, 0.1) is 6.92 Å². The zero-order valence-electron chi connectivity index (χ0n) is 15.6. The molecule has 134 valence electrons. The van der Waals surface area contributed by atoms with Crippen molar-refractivity contribution in [3.05, 3.63) is 71.8 Å². The lowest BCUT2D eigenvalue weighted by molar-refractivity contribution is 0.416. The number of benzene rings is 3. The van der Waals surface area contributed by atoms with Gasteiger partial charge in [0.25, 0.3) is 0 Å². The fraction of sp³-hybridized carbons (Fsp3) is 0.217. The van der Waals surface area contributed by atoms with Crippen LogP contribution in [0.3, 0.4) is 0 Å². The first-order valence-corrected chi connectivity index (χ1v) is 8.80. The summed E-state index contributed by atoms with van der Waals surface area (Å²) in [6.45, 7) is 2.73. The number of hydrogen-bond donors (Lipinski definition) is 1. The smallest absolute Gasteiger partial charge is 0.126 e. The number of nitrogens with two attached hydrogens (primary N) is 1. The van der Waals surface area contributed by atoms with Gasteiger partial charge in [-0.25, -0.2) is 0 Å². The summed E-state index contributed by atoms with van der Waals surface area (Å²) in [6, 6.07) is 20.7. The van der Waals surface area contributed by atoms with E-state index in [1.807, 2.05) is 36.4 Å². The lowest BCUT2D eigenvalue weighted by Crippen LogP contribution is -2.05. The summed E-state index contributed by atoms with van der Waals surface area (Å²) in [5.74, 6) is 1.74. The molecular weight excluding hydrogens is 322 g/mol. The van der Waals surface area contributed by atoms with Gasteiger partial charge in [-0.2, -0.15) is 0 Å². The standard InChI is InChI=1S/C23H25NO2/c1-16-14-21(19-9-5-7-11-23(19)26-3)17(12-13-24)15-20(16)18-8-4-6-10-22(18)25-2/h4-11,14-15H,12-13,24H2,1-3H3. The molecule has 2 N–H and O–H groups in total. The van der Waals surface area contributed by atoms with Crippen LogP contribution in [0.1, 0.15) is 11.1 Å². The van der Waals surface area contributed by atoms with Gasteiger partial charge in [0, 0.05) is 11.1 Å². The van der Waals surface area contributed by atoms with Crippen molar-refractivity contribution < 1.29 is 9.47 Å². The van der Waals surface area contributed by atoms with Crippen molar-refractivity contribution in [1.29, 1.82) is 0 Å². The zero-order valence-corrected chi connectivity index (χ0v) is 15.6. The number of methoxy groups -OCH3 is 2. The van der Waals surface area contributed by atoms with Crippen LogP contribution in [-0.2, 0) is 6.42 Å². The van der Waals surface area contributed by atoms with E-state index in [2.05, 4.69) is 31.2 Å². The minimum absolute atomic E-state index is 0.594. The van der Waals surface area contributed by atoms with E-state index < -0.39 is 0 Å². The number of para-hydroxylation sites is 2. The molecule has 0 atom stereocenters. The highest BCUT2D eigenvalue weighted by Gasteiger charge is 2.15. The van der Waals surface area contributed by atoms with Crippen LogP contribution < -0.4 is 15.2 Å². The van der Waals surface area contributed by atoms with Crippen molar-refractivity contribution in [1.82, 2.24) is 0 Å². The van der Waals surface area contributed by atoms with E-state index in [4.69, 9.17) is 15.2 Å². The molecule has 0 spiro atoms. The fourth-order valence-corrected chi connectivity index (χ4v) is 3.39. The summed E-state index contributed by atoms with van der Waals surface area (Å²) in [6.07, 6.45) is 0.801. The highest BCUT2D eigenvalue weighted by molar-refractivity contribution is 5.81. The molecule has 0 aliphatic rings. The van der Waals surface area contributed by atoms with Gasteiger partial charge in [-0.15, -0.1) is 0 Å². The monoisotopic (exact) mass is 347 g/mol. The number of rotatable bonds is 6. The van der Waals surface area contributed by atoms with Crippen LogP contribution >= 0.6 is 0 Å². The molecule has 0 bridgehead atoms. The molecule has 3 aromatic carbocycles. The van der Waals surface area contributed by atoms with Gasteiger partial charge in [0.15, 0.2) is 0 Å². The van der Waals surface area contributed by atoms with Crippen LogP contribution in [0.25, 0.3) is 22.3 Å². The second-order valence-electron chi connectivity index (χ2n) is 6.26. The van der Waals surface area contributed by atoms with E-state index in [-0.39, 0.29) is 0 Å². The Morgan fingerprint density at radius 1 is 0.731 bits per heavy atom. The highest BCUT2D eigenvalue weighted by atomic mass is 16.5. The molecule has 3 heteroatoms. The summed E-state index contributed by atoms with van der Waals surface area (Å²) in [7, 11) is 3.41. The molecule has 0 radical (unpaired) electrons. The van der Waals surface area contributed by atoms with E-state index >= 15 is 0 Å². The Labute approximate surface area is 155 Å². The van der Waals surface area contributed by atoms with Gasteiger partial charge in [-0.05, 0) is 54.3 Å². The Bertz CT molecular complexity index is 902. The molecule has 26 heavy (non-hydrogen) atoms. The SMILES string of the molecule is COc1ccccc1-c1cc(CCN)c(-c2ccccc2OC)cc1C. The zero-order chi connectivity index (χ0) is 18.5. The molecule has 0 aliphatic heterocycles. The first-order chi connectivity index (χ1) is 12.7. The third kappa shape index (κ3) is 3.44. The molecule has 3 aromatic rings. The van der Waals surface area contributed by atoms with Crippen LogP contribution in [0.2, 0.25) is 0 Å². The number of aryl methyl sites for hydroxylation is 1. The summed E-state index contributed by atoms with van der Waals surface area (Å²) in [5.41, 5.74) is 12.8. The highest BCUT2D eigenvalue weighted by Crippen LogP contribution is 2.38. The maximum Gasteiger partial charge on any atom is 0.126 e. The molecule has 0 amide bonds. The summed E-state index contributed by atoms with van der Waals surface area (Å²) in [5, 5.41) is 0. The second kappa shape index (κ2) is 8.07. The molecule has 3 nitrogen and oxygen atoms in total. The van der Waals surface area contributed by atoms with Gasteiger partial charge in [-0.3, -0.25) is 0 Å². The molecular formula is C23H25NO2. The van der Waals surface area contributed by atoms with Gasteiger partial charge in [-0.1, -0.05) is 48.5 Å². The molecule has 0 fully saturated rings. The third-order valence-electron chi connectivity index (χ3n) is 4.66. The molecule has 0 aliphatic carbocycles. The largest absolute Gasteiger partial charge is 0.496 e. The Morgan fingerprint density at radius 2 is 1.27 bits per heavy atom. The predicted molar refractivity (Wildman–Crippen MR) is 108 cm³/mol. The summed E-state index contributed by atoms with van der Waals surface area (Å²) >= 11 is 0. The van der Waals surface area contributed by atoms with Crippen molar-refractivity contribution in [3.8, 4) is 33.8 Å². The van der Waals surface area contributed by atoms with Crippen LogP contribution in [0.15, 0.2) is 60.7 Å². The first kappa shape index (κ1) is 18.0. The lowest BCUT2D eigenvalue weighted by atomic mass is 9.89. The van der Waals surface area contributed by atoms with Gasteiger partial charge in [0.2, 0.25) is 0 Å². The molecule has 0 unspecified atom stereocenters. The van der Waals surface area contributed by atoms with Crippen molar-refractivity contribution in [2.75, 3.05) is 20.8 Å². The van der Waals surface area contributed by atoms with Crippen molar-refractivity contribution in [3.63, 3.8) is 0 Å². The lowest BCUT2D eigenvalue weighted by Gasteiger charge is -2.18. The maximum absolute atomic E-state index is 5.91. The fourth-order valence-electron chi connectivity index (χ4n) is 3.39. The molecule has 0 saturated carbocycles. The van der Waals surface area contributed by atoms with E-state index in [0.717, 1.165) is 29.0 Å². The van der Waals surface area contributed by atoms with Gasteiger partial charge >= 0.3 is 0 Å². The summed E-state index contributed by atoms with van der Waals surface area (Å²) < 4.78 is 11.1. The van der Waals surface area contributed by atoms with Gasteiger partial charge in [0.05, 0.1) is 14.2 Å². The van der Waals surface area contributed by atoms with Gasteiger partial charge in [0.1, 0.15) is 11.5 Å². The third-order valence-corrected chi connectivity index (χ3v) is 4.66. The van der Waals surface area contributed by atoms with Crippen LogP contribution in [-0.4, -0.2) is 20.8 Å². The van der Waals surface area contributed by atoms with E-state index in [1.165, 1.54) is 22.3 Å². The Hall–Kier alpha value is -2.78. The van der Waals surface area contributed by atoms with E-state index in [1.54, 1.807) is 14.2 Å². The van der Waals surface area contributed by atoms with Crippen molar-refractivity contribution in [2.45, 2.75) is 13.3 Å². The average Bonchev–Trinajstić information content (AvgIpc) is 2.69. The van der Waals surface area contributed by atoms with Crippen LogP contribution in [0.5, 0.6) is 11.5 Å². The minimum atomic E-state index is 0.594. The number of hydrogen-bond acceptors (Lipinski definition) is 3.